The van der Waals surface area contributed by atoms with Crippen molar-refractivity contribution in [1.29, 1.82) is 0 Å². The van der Waals surface area contributed by atoms with Crippen LogP contribution in [0.1, 0.15) is 17.3 Å². The van der Waals surface area contributed by atoms with Crippen LogP contribution in [0, 0.1) is 0 Å². The molecule has 0 fully saturated rings. The van der Waals surface area contributed by atoms with Crippen LogP contribution in [0.25, 0.3) is 0 Å². The number of ether oxygens (including phenoxy) is 3. The summed E-state index contributed by atoms with van der Waals surface area (Å²) < 4.78 is 16.5. The van der Waals surface area contributed by atoms with E-state index in [1.54, 1.807) is 55.6 Å². The molecule has 0 atom stereocenters. The smallest absolute Gasteiger partial charge is 0.255 e. The fourth-order valence-electron chi connectivity index (χ4n) is 2.59. The molecule has 0 saturated heterocycles. The second kappa shape index (κ2) is 9.54. The van der Waals surface area contributed by atoms with E-state index in [0.29, 0.717) is 50.9 Å². The first-order valence-electron chi connectivity index (χ1n) is 8.85. The summed E-state index contributed by atoms with van der Waals surface area (Å²) in [6, 6.07) is 17.0. The van der Waals surface area contributed by atoms with E-state index in [1.807, 2.05) is 19.1 Å². The van der Waals surface area contributed by atoms with Gasteiger partial charge in [0, 0.05) is 16.7 Å². The minimum atomic E-state index is -0.354. The van der Waals surface area contributed by atoms with Crippen molar-refractivity contribution < 1.29 is 19.0 Å². The van der Waals surface area contributed by atoms with Crippen molar-refractivity contribution in [2.75, 3.05) is 19.0 Å². The van der Waals surface area contributed by atoms with Gasteiger partial charge in [-0.3, -0.25) is 4.79 Å². The van der Waals surface area contributed by atoms with E-state index in [4.69, 9.17) is 37.4 Å². The average molecular weight is 432 g/mol. The van der Waals surface area contributed by atoms with E-state index >= 15 is 0 Å². The van der Waals surface area contributed by atoms with Crippen molar-refractivity contribution >= 4 is 34.8 Å². The highest BCUT2D eigenvalue weighted by Gasteiger charge is 2.14. The van der Waals surface area contributed by atoms with E-state index in [9.17, 15) is 4.79 Å². The zero-order valence-corrected chi connectivity index (χ0v) is 17.4. The predicted octanol–water partition coefficient (Wildman–Crippen LogP) is 6.45. The molecule has 0 saturated carbocycles. The maximum Gasteiger partial charge on any atom is 0.255 e. The number of hydrogen-bond donors (Lipinski definition) is 1. The second-order valence-corrected chi connectivity index (χ2v) is 6.80. The molecule has 0 radical (unpaired) electrons. The molecule has 5 nitrogen and oxygen atoms in total. The van der Waals surface area contributed by atoms with E-state index < -0.39 is 0 Å². The van der Waals surface area contributed by atoms with Crippen LogP contribution in [0.5, 0.6) is 23.0 Å². The molecule has 150 valence electrons. The number of hydrogen-bond acceptors (Lipinski definition) is 4. The molecular formula is C22H19Cl2NO4. The molecule has 3 aromatic rings. The molecule has 3 aromatic carbocycles. The average Bonchev–Trinajstić information content (AvgIpc) is 2.71. The monoisotopic (exact) mass is 431 g/mol. The largest absolute Gasteiger partial charge is 0.497 e. The Morgan fingerprint density at radius 1 is 0.966 bits per heavy atom. The van der Waals surface area contributed by atoms with E-state index in [2.05, 4.69) is 5.32 Å². The highest BCUT2D eigenvalue weighted by atomic mass is 35.5. The summed E-state index contributed by atoms with van der Waals surface area (Å²) in [5.74, 6) is 1.83. The molecule has 3 rings (SSSR count). The van der Waals surface area contributed by atoms with Crippen LogP contribution in [0.2, 0.25) is 10.0 Å². The molecular weight excluding hydrogens is 413 g/mol. The van der Waals surface area contributed by atoms with E-state index in [-0.39, 0.29) is 5.91 Å². The van der Waals surface area contributed by atoms with Crippen molar-refractivity contribution in [3.8, 4) is 23.0 Å². The predicted molar refractivity (Wildman–Crippen MR) is 115 cm³/mol. The van der Waals surface area contributed by atoms with Gasteiger partial charge >= 0.3 is 0 Å². The number of rotatable bonds is 7. The number of amides is 1. The van der Waals surface area contributed by atoms with Gasteiger partial charge in [-0.25, -0.2) is 0 Å². The highest BCUT2D eigenvalue weighted by Crippen LogP contribution is 2.34. The van der Waals surface area contributed by atoms with Crippen LogP contribution in [-0.2, 0) is 0 Å². The molecule has 29 heavy (non-hydrogen) atoms. The molecule has 1 amide bonds. The summed E-state index contributed by atoms with van der Waals surface area (Å²) in [6.45, 7) is 2.35. The number of carbonyl (C=O) groups is 1. The molecule has 0 aliphatic carbocycles. The number of anilines is 1. The molecule has 1 N–H and O–H groups in total. The third-order valence-corrected chi connectivity index (χ3v) is 4.48. The van der Waals surface area contributed by atoms with Crippen LogP contribution in [0.3, 0.4) is 0 Å². The van der Waals surface area contributed by atoms with Gasteiger partial charge in [0.15, 0.2) is 5.75 Å². The van der Waals surface area contributed by atoms with Crippen LogP contribution in [0.4, 0.5) is 5.69 Å². The Kier molecular flexibility index (Phi) is 6.86. The van der Waals surface area contributed by atoms with Gasteiger partial charge in [0.05, 0.1) is 24.4 Å². The summed E-state index contributed by atoms with van der Waals surface area (Å²) in [5, 5.41) is 3.64. The zero-order valence-electron chi connectivity index (χ0n) is 15.9. The van der Waals surface area contributed by atoms with Crippen LogP contribution >= 0.6 is 23.2 Å². The third-order valence-electron chi connectivity index (χ3n) is 3.95. The lowest BCUT2D eigenvalue weighted by Crippen LogP contribution is -2.12. The Hall–Kier alpha value is -2.89. The topological polar surface area (TPSA) is 56.8 Å². The maximum atomic E-state index is 12.7. The molecule has 0 bridgehead atoms. The Balaban J connectivity index is 1.84. The Morgan fingerprint density at radius 3 is 2.45 bits per heavy atom. The van der Waals surface area contributed by atoms with Crippen molar-refractivity contribution in [2.45, 2.75) is 6.92 Å². The Labute approximate surface area is 179 Å². The first kappa shape index (κ1) is 20.8. The number of benzene rings is 3. The zero-order chi connectivity index (χ0) is 20.8. The van der Waals surface area contributed by atoms with Gasteiger partial charge in [-0.15, -0.1) is 0 Å². The quantitative estimate of drug-likeness (QED) is 0.467. The summed E-state index contributed by atoms with van der Waals surface area (Å²) in [6.07, 6.45) is 0. The van der Waals surface area contributed by atoms with Crippen molar-refractivity contribution in [2.24, 2.45) is 0 Å². The number of nitrogens with one attached hydrogen (secondary N) is 1. The van der Waals surface area contributed by atoms with Crippen molar-refractivity contribution in [1.82, 2.24) is 0 Å². The van der Waals surface area contributed by atoms with Gasteiger partial charge in [0.2, 0.25) is 0 Å². The second-order valence-electron chi connectivity index (χ2n) is 5.95. The third kappa shape index (κ3) is 5.34. The van der Waals surface area contributed by atoms with Crippen LogP contribution < -0.4 is 19.5 Å². The number of methoxy groups -OCH3 is 1. The van der Waals surface area contributed by atoms with Gasteiger partial charge in [-0.2, -0.15) is 0 Å². The Bertz CT molecular complexity index is 1020. The van der Waals surface area contributed by atoms with Gasteiger partial charge in [0.1, 0.15) is 17.2 Å². The summed E-state index contributed by atoms with van der Waals surface area (Å²) in [5.41, 5.74) is 0.807. The number of carbonyl (C=O) groups excluding carboxylic acids is 1. The molecule has 7 heteroatoms. The van der Waals surface area contributed by atoms with E-state index in [1.165, 1.54) is 0 Å². The lowest BCUT2D eigenvalue weighted by atomic mass is 10.2. The summed E-state index contributed by atoms with van der Waals surface area (Å²) in [4.78, 5) is 12.7. The summed E-state index contributed by atoms with van der Waals surface area (Å²) in [7, 11) is 1.58. The van der Waals surface area contributed by atoms with Gasteiger partial charge < -0.3 is 19.5 Å². The first-order chi connectivity index (χ1) is 14.0. The highest BCUT2D eigenvalue weighted by molar-refractivity contribution is 6.32. The van der Waals surface area contributed by atoms with Gasteiger partial charge in [0.25, 0.3) is 5.91 Å². The lowest BCUT2D eigenvalue weighted by molar-refractivity contribution is 0.102. The Morgan fingerprint density at radius 2 is 1.72 bits per heavy atom. The van der Waals surface area contributed by atoms with Crippen molar-refractivity contribution in [3.05, 3.63) is 76.3 Å². The minimum absolute atomic E-state index is 0.354. The first-order valence-corrected chi connectivity index (χ1v) is 9.61. The van der Waals surface area contributed by atoms with E-state index in [0.717, 1.165) is 0 Å². The minimum Gasteiger partial charge on any atom is -0.497 e. The number of halogens is 2. The van der Waals surface area contributed by atoms with Crippen molar-refractivity contribution in [3.63, 3.8) is 0 Å². The molecule has 0 heterocycles. The standard InChI is InChI=1S/C22H19Cl2NO4/c1-3-28-20-9-7-14(11-18(20)24)22(26)25-19-12-15(23)8-10-21(19)29-17-6-4-5-16(13-17)27-2/h4-13H,3H2,1-2H3,(H,25,26). The SMILES string of the molecule is CCOc1ccc(C(=O)Nc2cc(Cl)ccc2Oc2cccc(OC)c2)cc1Cl. The van der Waals surface area contributed by atoms with Crippen LogP contribution in [0.15, 0.2) is 60.7 Å². The molecule has 0 unspecified atom stereocenters. The molecule has 0 spiro atoms. The molecule has 0 aromatic heterocycles. The van der Waals surface area contributed by atoms with Crippen LogP contribution in [-0.4, -0.2) is 19.6 Å². The summed E-state index contributed by atoms with van der Waals surface area (Å²) >= 11 is 12.3. The normalized spacial score (nSPS) is 10.3. The van der Waals surface area contributed by atoms with Gasteiger partial charge in [-0.05, 0) is 55.5 Å². The fourth-order valence-corrected chi connectivity index (χ4v) is 3.00. The fraction of sp³-hybridized carbons (Fsp3) is 0.136. The molecule has 0 aliphatic rings. The molecule has 0 aliphatic heterocycles. The maximum absolute atomic E-state index is 12.7. The van der Waals surface area contributed by atoms with Gasteiger partial charge in [-0.1, -0.05) is 29.3 Å². The lowest BCUT2D eigenvalue weighted by Gasteiger charge is -2.14.